The van der Waals surface area contributed by atoms with Crippen LogP contribution >= 0.6 is 0 Å². The zero-order chi connectivity index (χ0) is 15.6. The first kappa shape index (κ1) is 13.7. The third kappa shape index (κ3) is 1.70. The molecule has 23 heavy (non-hydrogen) atoms. The van der Waals surface area contributed by atoms with Crippen molar-refractivity contribution < 1.29 is 0 Å². The topological polar surface area (TPSA) is 9.86 Å². The van der Waals surface area contributed by atoms with Gasteiger partial charge in [0.1, 0.15) is 0 Å². The lowest BCUT2D eigenvalue weighted by Crippen LogP contribution is -2.02. The summed E-state index contributed by atoms with van der Waals surface area (Å²) in [5.41, 5.74) is 5.30. The van der Waals surface area contributed by atoms with E-state index < -0.39 is 0 Å². The van der Waals surface area contributed by atoms with Crippen molar-refractivity contribution in [2.45, 2.75) is 5.79 Å². The molecular formula is C19H13Al2N2. The summed E-state index contributed by atoms with van der Waals surface area (Å²) < 4.78 is 4.80. The molecule has 0 N–H and O–H groups in total. The van der Waals surface area contributed by atoms with Crippen molar-refractivity contribution in [3.05, 3.63) is 60.7 Å². The molecule has 0 spiro atoms. The molecule has 5 rings (SSSR count). The molecule has 0 amide bonds. The second-order valence-corrected chi connectivity index (χ2v) is 7.44. The smallest absolute Gasteiger partial charge is 0.374 e. The van der Waals surface area contributed by atoms with Crippen LogP contribution in [-0.2, 0) is 0 Å². The lowest BCUT2D eigenvalue weighted by molar-refractivity contribution is 1.34. The first-order valence-corrected chi connectivity index (χ1v) is 9.99. The van der Waals surface area contributed by atoms with Crippen LogP contribution in [0.15, 0.2) is 60.7 Å². The Hall–Kier alpha value is -1.68. The Morgan fingerprint density at radius 3 is 1.96 bits per heavy atom. The van der Waals surface area contributed by atoms with Crippen LogP contribution in [-0.4, -0.2) is 39.1 Å². The molecule has 2 heterocycles. The van der Waals surface area contributed by atoms with E-state index in [2.05, 4.69) is 90.1 Å². The zero-order valence-corrected chi connectivity index (χ0v) is 15.1. The van der Waals surface area contributed by atoms with Gasteiger partial charge in [-0.2, -0.15) is 0 Å². The molecular weight excluding hydrogens is 310 g/mol. The van der Waals surface area contributed by atoms with Gasteiger partial charge >= 0.3 is 32.0 Å². The molecule has 3 radical (unpaired) electrons. The zero-order valence-electron chi connectivity index (χ0n) is 12.8. The maximum Gasteiger partial charge on any atom is 0.374 e. The van der Waals surface area contributed by atoms with Gasteiger partial charge in [-0.25, -0.2) is 0 Å². The molecule has 105 valence electrons. The quantitative estimate of drug-likeness (QED) is 0.406. The van der Waals surface area contributed by atoms with Crippen LogP contribution in [0.2, 0.25) is 5.79 Å². The number of hydrogen-bond acceptors (Lipinski definition) is 0. The van der Waals surface area contributed by atoms with Gasteiger partial charge in [0.25, 0.3) is 0 Å². The van der Waals surface area contributed by atoms with Crippen molar-refractivity contribution >= 4 is 75.6 Å². The molecule has 5 aromatic rings. The van der Waals surface area contributed by atoms with Gasteiger partial charge < -0.3 is 7.10 Å². The fourth-order valence-electron chi connectivity index (χ4n) is 3.83. The Morgan fingerprint density at radius 1 is 0.696 bits per heavy atom. The average Bonchev–Trinajstić information content (AvgIpc) is 3.08. The maximum absolute atomic E-state index is 2.91. The van der Waals surface area contributed by atoms with Crippen molar-refractivity contribution in [3.8, 4) is 0 Å². The first-order chi connectivity index (χ1) is 11.3. The van der Waals surface area contributed by atoms with Crippen LogP contribution in [0, 0.1) is 0 Å². The number of nitrogens with zero attached hydrogens (tertiary/aromatic N) is 2. The first-order valence-electron chi connectivity index (χ1n) is 7.80. The second kappa shape index (κ2) is 4.91. The standard InChI is InChI=1S/C18H10N2.CH3.2Al/c1-3-7-15-11(5-1)13-9-10-14-12-6-2-4-8-16(12)20-18(14)17(13)19-15;;;/h1-10H;1H3;;/q-2;;2*+1. The number of aromatic nitrogens is 2. The molecule has 4 heteroatoms. The van der Waals surface area contributed by atoms with Gasteiger partial charge in [-0.15, -0.1) is 0 Å². The largest absolute Gasteiger partial charge is 0.450 e. The van der Waals surface area contributed by atoms with Gasteiger partial charge in [-0.1, -0.05) is 54.3 Å². The molecule has 0 atom stereocenters. The molecule has 0 aliphatic heterocycles. The number of hydrogen-bond donors (Lipinski definition) is 0. The van der Waals surface area contributed by atoms with Gasteiger partial charge in [0, 0.05) is 43.6 Å². The third-order valence-corrected chi connectivity index (χ3v) is 6.39. The highest BCUT2D eigenvalue weighted by Gasteiger charge is 2.15. The minimum absolute atomic E-state index is 0.173. The van der Waals surface area contributed by atoms with Crippen LogP contribution in [0.25, 0.3) is 43.6 Å². The van der Waals surface area contributed by atoms with Crippen molar-refractivity contribution in [2.24, 2.45) is 0 Å². The third-order valence-electron chi connectivity index (χ3n) is 4.80. The Balaban J connectivity index is 2.16. The molecule has 0 saturated carbocycles. The highest BCUT2D eigenvalue weighted by molar-refractivity contribution is 6.40. The molecule has 0 aliphatic rings. The Labute approximate surface area is 148 Å². The summed E-state index contributed by atoms with van der Waals surface area (Å²) >= 11 is 3.08. The monoisotopic (exact) mass is 323 g/mol. The van der Waals surface area contributed by atoms with Crippen molar-refractivity contribution in [2.75, 3.05) is 0 Å². The summed E-state index contributed by atoms with van der Waals surface area (Å²) in [5, 5.41) is 5.37. The molecule has 3 aromatic carbocycles. The van der Waals surface area contributed by atoms with E-state index in [0.29, 0.717) is 0 Å². The van der Waals surface area contributed by atoms with Gasteiger partial charge in [0.2, 0.25) is 0 Å². The lowest BCUT2D eigenvalue weighted by Gasteiger charge is -2.07. The van der Waals surface area contributed by atoms with E-state index in [4.69, 9.17) is 0 Å². The average molecular weight is 323 g/mol. The van der Waals surface area contributed by atoms with Gasteiger partial charge in [0.05, 0.1) is 0 Å². The summed E-state index contributed by atoms with van der Waals surface area (Å²) in [5.74, 6) is 2.31. The van der Waals surface area contributed by atoms with Crippen LogP contribution in [0.4, 0.5) is 0 Å². The summed E-state index contributed by atoms with van der Waals surface area (Å²) in [6.07, 6.45) is 0. The number of rotatable bonds is 1. The predicted molar refractivity (Wildman–Crippen MR) is 101 cm³/mol. The molecule has 0 bridgehead atoms. The number of para-hydroxylation sites is 2. The lowest BCUT2D eigenvalue weighted by atomic mass is 10.1. The minimum Gasteiger partial charge on any atom is -0.450 e. The van der Waals surface area contributed by atoms with E-state index in [0.717, 1.165) is 0 Å². The van der Waals surface area contributed by atoms with Gasteiger partial charge in [-0.05, 0) is 12.1 Å². The van der Waals surface area contributed by atoms with Crippen LogP contribution in [0.5, 0.6) is 0 Å². The Bertz CT molecular complexity index is 1210. The SMILES string of the molecule is [CH3][Al][n]1c2ccccc2c2ccc3c4ccccc4[n]([Al])c3c21. The highest BCUT2D eigenvalue weighted by Crippen LogP contribution is 2.37. The summed E-state index contributed by atoms with van der Waals surface area (Å²) in [6, 6.07) is 22.0. The van der Waals surface area contributed by atoms with Gasteiger partial charge in [0.15, 0.2) is 0 Å². The minimum atomic E-state index is 0.173. The fourth-order valence-corrected chi connectivity index (χ4v) is 5.34. The molecule has 0 aliphatic carbocycles. The molecule has 2 aromatic heterocycles. The van der Waals surface area contributed by atoms with E-state index in [1.807, 2.05) is 0 Å². The van der Waals surface area contributed by atoms with Gasteiger partial charge in [-0.3, -0.25) is 0 Å². The van der Waals surface area contributed by atoms with Crippen LogP contribution < -0.4 is 0 Å². The molecule has 2 nitrogen and oxygen atoms in total. The summed E-state index contributed by atoms with van der Waals surface area (Å²) in [4.78, 5) is 0. The van der Waals surface area contributed by atoms with E-state index in [-0.39, 0.29) is 15.4 Å². The fraction of sp³-hybridized carbons (Fsp3) is 0.0526. The molecule has 0 unspecified atom stereocenters. The maximum atomic E-state index is 2.91. The Morgan fingerprint density at radius 2 is 1.26 bits per heavy atom. The van der Waals surface area contributed by atoms with E-state index in [9.17, 15) is 0 Å². The van der Waals surface area contributed by atoms with Crippen LogP contribution in [0.1, 0.15) is 0 Å². The predicted octanol–water partition coefficient (Wildman–Crippen LogP) is 4.35. The van der Waals surface area contributed by atoms with Crippen molar-refractivity contribution in [3.63, 3.8) is 0 Å². The molecule has 0 saturated heterocycles. The Kier molecular flexibility index (Phi) is 2.93. The summed E-state index contributed by atoms with van der Waals surface area (Å²) in [7, 11) is 0. The van der Waals surface area contributed by atoms with Crippen LogP contribution in [0.3, 0.4) is 0 Å². The highest BCUT2D eigenvalue weighted by atomic mass is 27.1. The van der Waals surface area contributed by atoms with E-state index in [1.54, 1.807) is 0 Å². The second-order valence-electron chi connectivity index (χ2n) is 5.89. The summed E-state index contributed by atoms with van der Waals surface area (Å²) in [6.45, 7) is 0. The number of benzene rings is 3. The van der Waals surface area contributed by atoms with E-state index >= 15 is 0 Å². The molecule has 0 fully saturated rings. The van der Waals surface area contributed by atoms with E-state index in [1.165, 1.54) is 43.6 Å². The van der Waals surface area contributed by atoms with Crippen molar-refractivity contribution in [1.29, 1.82) is 0 Å². The number of fused-ring (bicyclic) bond motifs is 7. The normalized spacial score (nSPS) is 11.9. The van der Waals surface area contributed by atoms with Crippen molar-refractivity contribution in [1.82, 2.24) is 7.10 Å².